The molecule has 1 unspecified atom stereocenters. The largest absolute Gasteiger partial charge is 0.456 e. The van der Waals surface area contributed by atoms with Crippen LogP contribution in [0.4, 0.5) is 5.69 Å². The van der Waals surface area contributed by atoms with Crippen molar-refractivity contribution in [1.82, 2.24) is 0 Å². The monoisotopic (exact) mass is 287 g/mol. The van der Waals surface area contributed by atoms with Crippen LogP contribution in [0.1, 0.15) is 24.2 Å². The molecule has 0 amide bonds. The SMILES string of the molecule is CCOCC(C)OC(=O)c1cccc(Cl)c1[N+](=O)[O-]. The van der Waals surface area contributed by atoms with E-state index in [-0.39, 0.29) is 17.2 Å². The second kappa shape index (κ2) is 7.06. The number of para-hydroxylation sites is 1. The summed E-state index contributed by atoms with van der Waals surface area (Å²) in [5, 5.41) is 10.8. The normalized spacial score (nSPS) is 11.9. The molecule has 1 atom stereocenters. The summed E-state index contributed by atoms with van der Waals surface area (Å²) in [5.41, 5.74) is -0.612. The Morgan fingerprint density at radius 2 is 2.21 bits per heavy atom. The highest BCUT2D eigenvalue weighted by atomic mass is 35.5. The van der Waals surface area contributed by atoms with Crippen LogP contribution in [-0.2, 0) is 9.47 Å². The molecule has 0 saturated heterocycles. The molecule has 0 fully saturated rings. The number of halogens is 1. The molecule has 0 heterocycles. The molecule has 0 radical (unpaired) electrons. The van der Waals surface area contributed by atoms with Crippen molar-refractivity contribution in [2.45, 2.75) is 20.0 Å². The molecule has 1 aromatic rings. The number of hydrogen-bond acceptors (Lipinski definition) is 5. The van der Waals surface area contributed by atoms with Gasteiger partial charge in [0.1, 0.15) is 16.7 Å². The van der Waals surface area contributed by atoms with Gasteiger partial charge in [0.15, 0.2) is 0 Å². The molecule has 1 aromatic carbocycles. The number of benzene rings is 1. The smallest absolute Gasteiger partial charge is 0.345 e. The number of nitrogens with zero attached hydrogens (tertiary/aromatic N) is 1. The average molecular weight is 288 g/mol. The molecular formula is C12H14ClNO5. The molecule has 0 aliphatic heterocycles. The fourth-order valence-corrected chi connectivity index (χ4v) is 1.67. The number of ether oxygens (including phenoxy) is 2. The van der Waals surface area contributed by atoms with Gasteiger partial charge in [-0.25, -0.2) is 4.79 Å². The van der Waals surface area contributed by atoms with Gasteiger partial charge in [0, 0.05) is 6.61 Å². The predicted octanol–water partition coefficient (Wildman–Crippen LogP) is 2.83. The maximum Gasteiger partial charge on any atom is 0.345 e. The van der Waals surface area contributed by atoms with E-state index in [1.165, 1.54) is 18.2 Å². The average Bonchev–Trinajstić information content (AvgIpc) is 2.35. The summed E-state index contributed by atoms with van der Waals surface area (Å²) in [6.07, 6.45) is -0.494. The third-order valence-corrected chi connectivity index (χ3v) is 2.56. The van der Waals surface area contributed by atoms with Gasteiger partial charge in [0.25, 0.3) is 0 Å². The number of carbonyl (C=O) groups is 1. The van der Waals surface area contributed by atoms with Crippen molar-refractivity contribution in [3.05, 3.63) is 38.9 Å². The Bertz CT molecular complexity index is 477. The molecule has 0 N–H and O–H groups in total. The van der Waals surface area contributed by atoms with Gasteiger partial charge in [-0.1, -0.05) is 17.7 Å². The third kappa shape index (κ3) is 4.18. The van der Waals surface area contributed by atoms with Gasteiger partial charge in [0.05, 0.1) is 11.5 Å². The minimum absolute atomic E-state index is 0.100. The minimum atomic E-state index is -0.790. The summed E-state index contributed by atoms with van der Waals surface area (Å²) >= 11 is 5.71. The molecule has 0 spiro atoms. The van der Waals surface area contributed by atoms with Crippen LogP contribution in [0.2, 0.25) is 5.02 Å². The number of esters is 1. The van der Waals surface area contributed by atoms with Crippen LogP contribution in [-0.4, -0.2) is 30.2 Å². The fraction of sp³-hybridized carbons (Fsp3) is 0.417. The molecule has 7 heteroatoms. The highest BCUT2D eigenvalue weighted by molar-refractivity contribution is 6.33. The molecule has 0 aromatic heterocycles. The molecule has 0 aliphatic carbocycles. The maximum atomic E-state index is 11.9. The van der Waals surface area contributed by atoms with Crippen molar-refractivity contribution in [2.75, 3.05) is 13.2 Å². The first-order chi connectivity index (χ1) is 8.97. The van der Waals surface area contributed by atoms with E-state index in [4.69, 9.17) is 21.1 Å². The van der Waals surface area contributed by atoms with Gasteiger partial charge >= 0.3 is 11.7 Å². The number of rotatable bonds is 6. The molecule has 6 nitrogen and oxygen atoms in total. The van der Waals surface area contributed by atoms with Gasteiger partial charge in [-0.2, -0.15) is 0 Å². The zero-order valence-corrected chi connectivity index (χ0v) is 11.3. The fourth-order valence-electron chi connectivity index (χ4n) is 1.43. The highest BCUT2D eigenvalue weighted by Gasteiger charge is 2.25. The minimum Gasteiger partial charge on any atom is -0.456 e. The van der Waals surface area contributed by atoms with E-state index < -0.39 is 22.7 Å². The van der Waals surface area contributed by atoms with E-state index in [2.05, 4.69) is 0 Å². The van der Waals surface area contributed by atoms with Crippen molar-refractivity contribution in [3.63, 3.8) is 0 Å². The summed E-state index contributed by atoms with van der Waals surface area (Å²) in [7, 11) is 0. The van der Waals surface area contributed by atoms with Crippen molar-refractivity contribution in [2.24, 2.45) is 0 Å². The first-order valence-corrected chi connectivity index (χ1v) is 6.06. The lowest BCUT2D eigenvalue weighted by molar-refractivity contribution is -0.385. The van der Waals surface area contributed by atoms with Crippen LogP contribution >= 0.6 is 11.6 Å². The van der Waals surface area contributed by atoms with Crippen LogP contribution < -0.4 is 0 Å². The number of nitro groups is 1. The first-order valence-electron chi connectivity index (χ1n) is 5.69. The van der Waals surface area contributed by atoms with Crippen LogP contribution in [0.5, 0.6) is 0 Å². The topological polar surface area (TPSA) is 78.7 Å². The highest BCUT2D eigenvalue weighted by Crippen LogP contribution is 2.28. The van der Waals surface area contributed by atoms with Gasteiger partial charge in [-0.15, -0.1) is 0 Å². The number of carbonyl (C=O) groups excluding carboxylic acids is 1. The number of hydrogen-bond donors (Lipinski definition) is 0. The predicted molar refractivity (Wildman–Crippen MR) is 69.5 cm³/mol. The molecule has 19 heavy (non-hydrogen) atoms. The number of nitro benzene ring substituents is 1. The second-order valence-electron chi connectivity index (χ2n) is 3.77. The van der Waals surface area contributed by atoms with Crippen molar-refractivity contribution >= 4 is 23.3 Å². The van der Waals surface area contributed by atoms with E-state index in [1.54, 1.807) is 6.92 Å². The third-order valence-electron chi connectivity index (χ3n) is 2.25. The summed E-state index contributed by atoms with van der Waals surface area (Å²) in [4.78, 5) is 22.0. The van der Waals surface area contributed by atoms with Crippen molar-refractivity contribution in [1.29, 1.82) is 0 Å². The Kier molecular flexibility index (Phi) is 5.72. The summed E-state index contributed by atoms with van der Waals surface area (Å²) in [6.45, 7) is 4.19. The van der Waals surface area contributed by atoms with Crippen molar-refractivity contribution < 1.29 is 19.2 Å². The molecule has 0 aliphatic rings. The van der Waals surface area contributed by atoms with E-state index in [0.29, 0.717) is 6.61 Å². The summed E-state index contributed by atoms with van der Waals surface area (Å²) in [5.74, 6) is -0.790. The Morgan fingerprint density at radius 1 is 1.53 bits per heavy atom. The Balaban J connectivity index is 2.88. The van der Waals surface area contributed by atoms with Crippen LogP contribution in [0.25, 0.3) is 0 Å². The zero-order valence-electron chi connectivity index (χ0n) is 10.6. The lowest BCUT2D eigenvalue weighted by Crippen LogP contribution is -2.21. The molecule has 1 rings (SSSR count). The molecule has 104 valence electrons. The van der Waals surface area contributed by atoms with Gasteiger partial charge < -0.3 is 9.47 Å². The first kappa shape index (κ1) is 15.4. The Hall–Kier alpha value is -1.66. The molecular weight excluding hydrogens is 274 g/mol. The molecule has 0 saturated carbocycles. The zero-order chi connectivity index (χ0) is 14.4. The van der Waals surface area contributed by atoms with Crippen LogP contribution in [0.15, 0.2) is 18.2 Å². The second-order valence-corrected chi connectivity index (χ2v) is 4.18. The van der Waals surface area contributed by atoms with E-state index >= 15 is 0 Å². The Labute approximate surface area is 115 Å². The summed E-state index contributed by atoms with van der Waals surface area (Å²) < 4.78 is 10.2. The lowest BCUT2D eigenvalue weighted by atomic mass is 10.2. The van der Waals surface area contributed by atoms with Crippen molar-refractivity contribution in [3.8, 4) is 0 Å². The maximum absolute atomic E-state index is 11.9. The van der Waals surface area contributed by atoms with Gasteiger partial charge in [0.2, 0.25) is 0 Å². The lowest BCUT2D eigenvalue weighted by Gasteiger charge is -2.13. The van der Waals surface area contributed by atoms with E-state index in [1.807, 2.05) is 6.92 Å². The van der Waals surface area contributed by atoms with E-state index in [9.17, 15) is 14.9 Å². The van der Waals surface area contributed by atoms with Crippen LogP contribution in [0.3, 0.4) is 0 Å². The van der Waals surface area contributed by atoms with Gasteiger partial charge in [-0.3, -0.25) is 10.1 Å². The van der Waals surface area contributed by atoms with Crippen LogP contribution in [0, 0.1) is 10.1 Å². The Morgan fingerprint density at radius 3 is 2.79 bits per heavy atom. The van der Waals surface area contributed by atoms with Gasteiger partial charge in [-0.05, 0) is 26.0 Å². The standard InChI is InChI=1S/C12H14ClNO5/c1-3-18-7-8(2)19-12(15)9-5-4-6-10(13)11(9)14(16)17/h4-6,8H,3,7H2,1-2H3. The molecule has 0 bridgehead atoms. The quantitative estimate of drug-likeness (QED) is 0.457. The summed E-state index contributed by atoms with van der Waals surface area (Å²) in [6, 6.07) is 4.11. The van der Waals surface area contributed by atoms with E-state index in [0.717, 1.165) is 0 Å².